The normalized spacial score (nSPS) is 22.9. The second kappa shape index (κ2) is 3.70. The van der Waals surface area contributed by atoms with Crippen LogP contribution in [0.5, 0.6) is 0 Å². The molecular weight excluding hydrogens is 170 g/mol. The highest BCUT2D eigenvalue weighted by Crippen LogP contribution is 2.29. The Morgan fingerprint density at radius 3 is 3.15 bits per heavy atom. The summed E-state index contributed by atoms with van der Waals surface area (Å²) in [6, 6.07) is 0. The molecular formula is C9H11NO3. The molecule has 0 aromatic carbocycles. The number of carbonyl (C=O) groups is 1. The van der Waals surface area contributed by atoms with E-state index >= 15 is 0 Å². The van der Waals surface area contributed by atoms with Crippen LogP contribution >= 0.6 is 0 Å². The number of hydrogen-bond acceptors (Lipinski definition) is 4. The Kier molecular flexibility index (Phi) is 2.40. The molecule has 0 bridgehead atoms. The Balaban J connectivity index is 2.17. The molecule has 13 heavy (non-hydrogen) atoms. The Morgan fingerprint density at radius 1 is 1.54 bits per heavy atom. The third-order valence-corrected chi connectivity index (χ3v) is 2.23. The molecule has 1 aliphatic rings. The Hall–Kier alpha value is -1.16. The molecule has 4 heteroatoms. The van der Waals surface area contributed by atoms with Gasteiger partial charge >= 0.3 is 0 Å². The van der Waals surface area contributed by atoms with Gasteiger partial charge < -0.3 is 9.26 Å². The third-order valence-electron chi connectivity index (χ3n) is 2.23. The fraction of sp³-hybridized carbons (Fsp3) is 0.556. The van der Waals surface area contributed by atoms with Gasteiger partial charge in [0.05, 0.1) is 11.8 Å². The van der Waals surface area contributed by atoms with Gasteiger partial charge in [-0.05, 0) is 19.3 Å². The summed E-state index contributed by atoms with van der Waals surface area (Å²) in [6.07, 6.45) is 5.22. The fourth-order valence-electron chi connectivity index (χ4n) is 1.54. The van der Waals surface area contributed by atoms with Gasteiger partial charge in [-0.2, -0.15) is 0 Å². The second-order valence-electron chi connectivity index (χ2n) is 3.12. The Morgan fingerprint density at radius 2 is 2.46 bits per heavy atom. The highest BCUT2D eigenvalue weighted by atomic mass is 16.5. The van der Waals surface area contributed by atoms with Gasteiger partial charge in [0, 0.05) is 6.61 Å². The first-order valence-corrected chi connectivity index (χ1v) is 4.43. The fourth-order valence-corrected chi connectivity index (χ4v) is 1.54. The number of aromatic nitrogens is 1. The van der Waals surface area contributed by atoms with Crippen molar-refractivity contribution in [2.45, 2.75) is 25.4 Å². The van der Waals surface area contributed by atoms with Crippen molar-refractivity contribution in [1.82, 2.24) is 5.16 Å². The lowest BCUT2D eigenvalue weighted by atomic mass is 10.1. The van der Waals surface area contributed by atoms with E-state index in [4.69, 9.17) is 9.26 Å². The summed E-state index contributed by atoms with van der Waals surface area (Å²) in [5.41, 5.74) is 0.506. The van der Waals surface area contributed by atoms with Crippen molar-refractivity contribution in [3.05, 3.63) is 17.5 Å². The maximum atomic E-state index is 10.6. The molecule has 1 atom stereocenters. The molecule has 2 rings (SSSR count). The number of aldehydes is 1. The first-order chi connectivity index (χ1) is 6.42. The van der Waals surface area contributed by atoms with E-state index in [1.54, 1.807) is 0 Å². The van der Waals surface area contributed by atoms with Gasteiger partial charge in [0.25, 0.3) is 0 Å². The van der Waals surface area contributed by atoms with Crippen LogP contribution < -0.4 is 0 Å². The van der Waals surface area contributed by atoms with Crippen LogP contribution in [-0.2, 0) is 4.74 Å². The van der Waals surface area contributed by atoms with E-state index < -0.39 is 0 Å². The molecule has 1 saturated heterocycles. The van der Waals surface area contributed by atoms with Crippen molar-refractivity contribution >= 4 is 6.29 Å². The van der Waals surface area contributed by atoms with Crippen molar-refractivity contribution in [3.63, 3.8) is 0 Å². The van der Waals surface area contributed by atoms with Crippen LogP contribution in [0, 0.1) is 0 Å². The monoisotopic (exact) mass is 181 g/mol. The lowest BCUT2D eigenvalue weighted by molar-refractivity contribution is -0.00174. The lowest BCUT2D eigenvalue weighted by Crippen LogP contribution is -2.12. The largest absolute Gasteiger partial charge is 0.370 e. The first kappa shape index (κ1) is 8.44. The highest BCUT2D eigenvalue weighted by Gasteiger charge is 2.22. The van der Waals surface area contributed by atoms with Crippen molar-refractivity contribution in [1.29, 1.82) is 0 Å². The molecule has 1 aromatic rings. The molecule has 0 radical (unpaired) electrons. The summed E-state index contributed by atoms with van der Waals surface area (Å²) >= 11 is 0. The number of nitrogens with zero attached hydrogens (tertiary/aromatic N) is 1. The number of hydrogen-bond donors (Lipinski definition) is 0. The second-order valence-corrected chi connectivity index (χ2v) is 3.12. The predicted molar refractivity (Wildman–Crippen MR) is 44.4 cm³/mol. The quantitative estimate of drug-likeness (QED) is 0.652. The standard InChI is InChI=1S/C9H11NO3/c11-6-7-5-10-13-9(7)8-3-1-2-4-12-8/h5-6,8H,1-4H2. The van der Waals surface area contributed by atoms with Gasteiger partial charge in [-0.25, -0.2) is 0 Å². The van der Waals surface area contributed by atoms with E-state index in [2.05, 4.69) is 5.16 Å². The molecule has 0 saturated carbocycles. The molecule has 1 unspecified atom stereocenters. The number of rotatable bonds is 2. The molecule has 0 N–H and O–H groups in total. The van der Waals surface area contributed by atoms with Gasteiger partial charge in [0.15, 0.2) is 12.0 Å². The first-order valence-electron chi connectivity index (χ1n) is 4.43. The van der Waals surface area contributed by atoms with E-state index in [-0.39, 0.29) is 6.10 Å². The van der Waals surface area contributed by atoms with Crippen LogP contribution in [0.15, 0.2) is 10.7 Å². The van der Waals surface area contributed by atoms with E-state index in [0.717, 1.165) is 32.2 Å². The zero-order valence-corrected chi connectivity index (χ0v) is 7.23. The maximum absolute atomic E-state index is 10.6. The Bertz CT molecular complexity index is 289. The zero-order valence-electron chi connectivity index (χ0n) is 7.23. The summed E-state index contributed by atoms with van der Waals surface area (Å²) in [7, 11) is 0. The SMILES string of the molecule is O=Cc1cnoc1C1CCCCO1. The van der Waals surface area contributed by atoms with Crippen LogP contribution in [0.2, 0.25) is 0 Å². The molecule has 1 aromatic heterocycles. The summed E-state index contributed by atoms with van der Waals surface area (Å²) in [5.74, 6) is 0.578. The van der Waals surface area contributed by atoms with Gasteiger partial charge in [-0.1, -0.05) is 5.16 Å². The molecule has 2 heterocycles. The van der Waals surface area contributed by atoms with E-state index in [0.29, 0.717) is 11.3 Å². The van der Waals surface area contributed by atoms with Crippen molar-refractivity contribution < 1.29 is 14.1 Å². The van der Waals surface area contributed by atoms with Crippen molar-refractivity contribution in [2.75, 3.05) is 6.61 Å². The molecule has 1 aliphatic heterocycles. The summed E-state index contributed by atoms with van der Waals surface area (Å²) in [6.45, 7) is 0.740. The smallest absolute Gasteiger partial charge is 0.175 e. The minimum absolute atomic E-state index is 0.0727. The average Bonchev–Trinajstić information content (AvgIpc) is 2.67. The summed E-state index contributed by atoms with van der Waals surface area (Å²) < 4.78 is 10.5. The van der Waals surface area contributed by atoms with Crippen LogP contribution in [0.25, 0.3) is 0 Å². The molecule has 0 spiro atoms. The summed E-state index contributed by atoms with van der Waals surface area (Å²) in [5, 5.41) is 3.58. The van der Waals surface area contributed by atoms with E-state index in [1.807, 2.05) is 0 Å². The molecule has 0 aliphatic carbocycles. The zero-order chi connectivity index (χ0) is 9.10. The van der Waals surface area contributed by atoms with Crippen LogP contribution in [0.4, 0.5) is 0 Å². The third kappa shape index (κ3) is 1.62. The van der Waals surface area contributed by atoms with Gasteiger partial charge in [0.2, 0.25) is 0 Å². The topological polar surface area (TPSA) is 52.3 Å². The van der Waals surface area contributed by atoms with E-state index in [1.165, 1.54) is 6.20 Å². The average molecular weight is 181 g/mol. The molecule has 4 nitrogen and oxygen atoms in total. The number of carbonyl (C=O) groups excluding carboxylic acids is 1. The van der Waals surface area contributed by atoms with Gasteiger partial charge in [-0.15, -0.1) is 0 Å². The van der Waals surface area contributed by atoms with Crippen molar-refractivity contribution in [3.8, 4) is 0 Å². The molecule has 0 amide bonds. The number of ether oxygens (including phenoxy) is 1. The van der Waals surface area contributed by atoms with E-state index in [9.17, 15) is 4.79 Å². The van der Waals surface area contributed by atoms with Crippen LogP contribution in [-0.4, -0.2) is 18.0 Å². The summed E-state index contributed by atoms with van der Waals surface area (Å²) in [4.78, 5) is 10.6. The van der Waals surface area contributed by atoms with Crippen molar-refractivity contribution in [2.24, 2.45) is 0 Å². The molecule has 70 valence electrons. The predicted octanol–water partition coefficient (Wildman–Crippen LogP) is 1.73. The lowest BCUT2D eigenvalue weighted by Gasteiger charge is -2.20. The van der Waals surface area contributed by atoms with Gasteiger partial charge in [0.1, 0.15) is 6.10 Å². The minimum atomic E-state index is -0.0727. The van der Waals surface area contributed by atoms with Crippen LogP contribution in [0.1, 0.15) is 41.5 Å². The highest BCUT2D eigenvalue weighted by molar-refractivity contribution is 5.75. The van der Waals surface area contributed by atoms with Gasteiger partial charge in [-0.3, -0.25) is 4.79 Å². The maximum Gasteiger partial charge on any atom is 0.175 e. The minimum Gasteiger partial charge on any atom is -0.370 e. The van der Waals surface area contributed by atoms with Crippen LogP contribution in [0.3, 0.4) is 0 Å². The Labute approximate surface area is 75.9 Å². The molecule has 1 fully saturated rings.